The Morgan fingerprint density at radius 1 is 1.55 bits per heavy atom. The Morgan fingerprint density at radius 2 is 2.18 bits per heavy atom. The maximum absolute atomic E-state index is 4.19. The molecule has 0 aliphatic heterocycles. The van der Waals surface area contributed by atoms with E-state index < -0.39 is 0 Å². The van der Waals surface area contributed by atoms with Crippen LogP contribution in [0.25, 0.3) is 0 Å². The first-order valence-electron chi connectivity index (χ1n) is 4.01. The zero-order valence-corrected chi connectivity index (χ0v) is 7.68. The van der Waals surface area contributed by atoms with Crippen LogP contribution >= 0.6 is 0 Å². The molecule has 2 heteroatoms. The summed E-state index contributed by atoms with van der Waals surface area (Å²) in [5.74, 6) is 0.678. The second kappa shape index (κ2) is 3.07. The number of hydrogen-bond donors (Lipinski definition) is 0. The van der Waals surface area contributed by atoms with Crippen molar-refractivity contribution >= 4 is 0 Å². The second-order valence-corrected chi connectivity index (χ2v) is 3.40. The summed E-state index contributed by atoms with van der Waals surface area (Å²) < 4.78 is 1.94. The lowest BCUT2D eigenvalue weighted by Crippen LogP contribution is -1.97. The fourth-order valence-electron chi connectivity index (χ4n) is 1.06. The van der Waals surface area contributed by atoms with Crippen LogP contribution in [-0.4, -0.2) is 9.55 Å². The molecule has 1 heterocycles. The zero-order valence-electron chi connectivity index (χ0n) is 7.68. The van der Waals surface area contributed by atoms with Crippen LogP contribution in [0.3, 0.4) is 0 Å². The van der Waals surface area contributed by atoms with Crippen molar-refractivity contribution in [3.63, 3.8) is 0 Å². The molecular formula is C9H15N2. The predicted molar refractivity (Wildman–Crippen MR) is 45.3 cm³/mol. The van der Waals surface area contributed by atoms with Crippen LogP contribution in [0.2, 0.25) is 0 Å². The summed E-state index contributed by atoms with van der Waals surface area (Å²) in [4.78, 5) is 4.19. The quantitative estimate of drug-likeness (QED) is 0.629. The highest BCUT2D eigenvalue weighted by atomic mass is 15.0. The molecule has 0 aromatic carbocycles. The van der Waals surface area contributed by atoms with Gasteiger partial charge in [0.1, 0.15) is 0 Å². The van der Waals surface area contributed by atoms with Gasteiger partial charge >= 0.3 is 0 Å². The summed E-state index contributed by atoms with van der Waals surface area (Å²) in [7, 11) is 1.98. The highest BCUT2D eigenvalue weighted by Gasteiger charge is 2.05. The molecule has 0 N–H and O–H groups in total. The normalized spacial score (nSPS) is 11.0. The van der Waals surface area contributed by atoms with Gasteiger partial charge in [0.05, 0.1) is 5.69 Å². The van der Waals surface area contributed by atoms with E-state index in [4.69, 9.17) is 0 Å². The minimum Gasteiger partial charge on any atom is -0.329 e. The van der Waals surface area contributed by atoms with E-state index >= 15 is 0 Å². The summed E-state index contributed by atoms with van der Waals surface area (Å²) in [5, 5.41) is 0. The molecule has 11 heavy (non-hydrogen) atoms. The van der Waals surface area contributed by atoms with Crippen LogP contribution in [0, 0.1) is 19.2 Å². The number of aromatic nitrogens is 2. The molecule has 0 atom stereocenters. The molecular weight excluding hydrogens is 136 g/mol. The molecule has 61 valence electrons. The number of aryl methyl sites for hydroxylation is 1. The Labute approximate surface area is 68.3 Å². The van der Waals surface area contributed by atoms with E-state index in [0.29, 0.717) is 5.92 Å². The van der Waals surface area contributed by atoms with E-state index in [2.05, 4.69) is 32.1 Å². The van der Waals surface area contributed by atoms with Crippen LogP contribution in [0.15, 0.2) is 0 Å². The van der Waals surface area contributed by atoms with Crippen molar-refractivity contribution in [1.29, 1.82) is 0 Å². The lowest BCUT2D eigenvalue weighted by Gasteiger charge is -2.02. The van der Waals surface area contributed by atoms with Crippen LogP contribution in [0.5, 0.6) is 0 Å². The van der Waals surface area contributed by atoms with E-state index in [1.54, 1.807) is 0 Å². The maximum Gasteiger partial charge on any atom is 0.176 e. The average Bonchev–Trinajstić information content (AvgIpc) is 2.18. The van der Waals surface area contributed by atoms with Crippen LogP contribution in [-0.2, 0) is 13.5 Å². The molecule has 2 nitrogen and oxygen atoms in total. The molecule has 1 rings (SSSR count). The predicted octanol–water partition coefficient (Wildman–Crippen LogP) is 1.73. The highest BCUT2D eigenvalue weighted by molar-refractivity contribution is 5.10. The van der Waals surface area contributed by atoms with E-state index in [1.807, 2.05) is 11.6 Å². The molecule has 0 aliphatic rings. The zero-order chi connectivity index (χ0) is 8.43. The number of imidazole rings is 1. The highest BCUT2D eigenvalue weighted by Crippen LogP contribution is 2.09. The topological polar surface area (TPSA) is 17.8 Å². The Bertz CT molecular complexity index is 236. The van der Waals surface area contributed by atoms with Crippen molar-refractivity contribution in [1.82, 2.24) is 9.55 Å². The lowest BCUT2D eigenvalue weighted by atomic mass is 10.1. The fourth-order valence-corrected chi connectivity index (χ4v) is 1.06. The van der Waals surface area contributed by atoms with Crippen LogP contribution < -0.4 is 0 Å². The minimum atomic E-state index is 0.678. The molecule has 0 aliphatic carbocycles. The van der Waals surface area contributed by atoms with E-state index in [0.717, 1.165) is 6.42 Å². The molecule has 1 radical (unpaired) electrons. The molecule has 0 saturated carbocycles. The summed E-state index contributed by atoms with van der Waals surface area (Å²) in [6.45, 7) is 6.49. The molecule has 1 aromatic rings. The Hall–Kier alpha value is -0.790. The van der Waals surface area contributed by atoms with Crippen LogP contribution in [0.1, 0.15) is 25.2 Å². The molecule has 0 unspecified atom stereocenters. The molecule has 0 bridgehead atoms. The fraction of sp³-hybridized carbons (Fsp3) is 0.667. The van der Waals surface area contributed by atoms with Crippen molar-refractivity contribution in [2.45, 2.75) is 27.2 Å². The van der Waals surface area contributed by atoms with Gasteiger partial charge < -0.3 is 4.57 Å². The van der Waals surface area contributed by atoms with Crippen molar-refractivity contribution < 1.29 is 0 Å². The first-order chi connectivity index (χ1) is 5.11. The van der Waals surface area contributed by atoms with Gasteiger partial charge in [-0.1, -0.05) is 13.8 Å². The second-order valence-electron chi connectivity index (χ2n) is 3.40. The van der Waals surface area contributed by atoms with Gasteiger partial charge in [0.25, 0.3) is 0 Å². The smallest absolute Gasteiger partial charge is 0.176 e. The third-order valence-electron chi connectivity index (χ3n) is 1.86. The molecule has 0 fully saturated rings. The summed E-state index contributed by atoms with van der Waals surface area (Å²) >= 11 is 0. The first kappa shape index (κ1) is 8.31. The molecule has 0 saturated heterocycles. The van der Waals surface area contributed by atoms with Gasteiger partial charge in [-0.3, -0.25) is 0 Å². The van der Waals surface area contributed by atoms with Crippen molar-refractivity contribution in [3.05, 3.63) is 17.7 Å². The minimum absolute atomic E-state index is 0.678. The lowest BCUT2D eigenvalue weighted by molar-refractivity contribution is 0.633. The Balaban J connectivity index is 2.79. The summed E-state index contributed by atoms with van der Waals surface area (Å²) in [5.41, 5.74) is 2.42. The summed E-state index contributed by atoms with van der Waals surface area (Å²) in [6, 6.07) is 0. The number of rotatable bonds is 2. The van der Waals surface area contributed by atoms with Gasteiger partial charge in [-0.2, -0.15) is 0 Å². The monoisotopic (exact) mass is 151 g/mol. The first-order valence-corrected chi connectivity index (χ1v) is 4.01. The SMILES string of the molecule is Cc1c(CC(C)C)n[c]n1C. The van der Waals surface area contributed by atoms with E-state index in [9.17, 15) is 0 Å². The molecule has 1 aromatic heterocycles. The van der Waals surface area contributed by atoms with E-state index in [1.165, 1.54) is 11.4 Å². The van der Waals surface area contributed by atoms with Gasteiger partial charge in [-0.05, 0) is 19.3 Å². The van der Waals surface area contributed by atoms with Gasteiger partial charge in [0.15, 0.2) is 6.33 Å². The largest absolute Gasteiger partial charge is 0.329 e. The number of hydrogen-bond acceptors (Lipinski definition) is 1. The summed E-state index contributed by atoms with van der Waals surface area (Å²) in [6.07, 6.45) is 3.97. The standard InChI is InChI=1S/C9H15N2/c1-7(2)5-9-8(3)11(4)6-10-9/h7H,5H2,1-4H3. The van der Waals surface area contributed by atoms with Crippen molar-refractivity contribution in [2.75, 3.05) is 0 Å². The average molecular weight is 151 g/mol. The Kier molecular flexibility index (Phi) is 2.32. The van der Waals surface area contributed by atoms with Crippen LogP contribution in [0.4, 0.5) is 0 Å². The third-order valence-corrected chi connectivity index (χ3v) is 1.86. The van der Waals surface area contributed by atoms with Crippen molar-refractivity contribution in [2.24, 2.45) is 13.0 Å². The third kappa shape index (κ3) is 1.82. The maximum atomic E-state index is 4.19. The Morgan fingerprint density at radius 3 is 2.55 bits per heavy atom. The molecule has 0 amide bonds. The van der Waals surface area contributed by atoms with Crippen molar-refractivity contribution in [3.8, 4) is 0 Å². The van der Waals surface area contributed by atoms with Gasteiger partial charge in [0.2, 0.25) is 0 Å². The molecule has 0 spiro atoms. The van der Waals surface area contributed by atoms with Gasteiger partial charge in [0, 0.05) is 12.7 Å². The van der Waals surface area contributed by atoms with Gasteiger partial charge in [-0.25, -0.2) is 4.98 Å². The van der Waals surface area contributed by atoms with Gasteiger partial charge in [-0.15, -0.1) is 0 Å². The number of nitrogens with zero attached hydrogens (tertiary/aromatic N) is 2. The van der Waals surface area contributed by atoms with E-state index in [-0.39, 0.29) is 0 Å².